The maximum atomic E-state index is 12.0. The molecule has 1 aromatic carbocycles. The van der Waals surface area contributed by atoms with Crippen molar-refractivity contribution in [3.05, 3.63) is 34.2 Å². The molecule has 0 spiro atoms. The predicted octanol–water partition coefficient (Wildman–Crippen LogP) is 1.94. The zero-order valence-corrected chi connectivity index (χ0v) is 10.9. The van der Waals surface area contributed by atoms with Gasteiger partial charge in [0, 0.05) is 19.1 Å². The number of H-pyrrole nitrogens is 1. The summed E-state index contributed by atoms with van der Waals surface area (Å²) in [5.41, 5.74) is 3.32. The molecule has 0 fully saturated rings. The molecule has 1 aliphatic rings. The number of hydrogen-bond donors (Lipinski definition) is 1. The molecule has 0 radical (unpaired) electrons. The molecular weight excluding hydrogens is 226 g/mol. The van der Waals surface area contributed by atoms with Crippen molar-refractivity contribution >= 4 is 11.0 Å². The fourth-order valence-electron chi connectivity index (χ4n) is 2.94. The van der Waals surface area contributed by atoms with Gasteiger partial charge in [-0.3, -0.25) is 9.47 Å². The first kappa shape index (κ1) is 11.5. The molecule has 1 aromatic heterocycles. The molecule has 96 valence electrons. The van der Waals surface area contributed by atoms with Crippen LogP contribution in [0.15, 0.2) is 23.0 Å². The van der Waals surface area contributed by atoms with Crippen LogP contribution in [-0.2, 0) is 13.1 Å². The third kappa shape index (κ3) is 1.68. The first-order chi connectivity index (χ1) is 8.70. The smallest absolute Gasteiger partial charge is 0.306 e. The molecule has 0 saturated carbocycles. The van der Waals surface area contributed by atoms with E-state index in [1.54, 1.807) is 0 Å². The van der Waals surface area contributed by atoms with Crippen LogP contribution in [0.5, 0.6) is 0 Å². The molecule has 18 heavy (non-hydrogen) atoms. The van der Waals surface area contributed by atoms with E-state index in [0.717, 1.165) is 37.1 Å². The summed E-state index contributed by atoms with van der Waals surface area (Å²) in [4.78, 5) is 17.4. The summed E-state index contributed by atoms with van der Waals surface area (Å²) >= 11 is 0. The largest absolute Gasteiger partial charge is 0.326 e. The Kier molecular flexibility index (Phi) is 2.74. The predicted molar refractivity (Wildman–Crippen MR) is 72.7 cm³/mol. The zero-order chi connectivity index (χ0) is 12.7. The van der Waals surface area contributed by atoms with E-state index in [1.807, 2.05) is 16.7 Å². The van der Waals surface area contributed by atoms with Gasteiger partial charge in [0.1, 0.15) is 0 Å². The summed E-state index contributed by atoms with van der Waals surface area (Å²) in [6.45, 7) is 7.19. The van der Waals surface area contributed by atoms with Crippen LogP contribution >= 0.6 is 0 Å². The Morgan fingerprint density at radius 1 is 1.44 bits per heavy atom. The Morgan fingerprint density at radius 3 is 3.06 bits per heavy atom. The molecule has 2 heterocycles. The second kappa shape index (κ2) is 4.28. The van der Waals surface area contributed by atoms with E-state index in [1.165, 1.54) is 5.56 Å². The van der Waals surface area contributed by atoms with E-state index in [9.17, 15) is 4.79 Å². The summed E-state index contributed by atoms with van der Waals surface area (Å²) in [5, 5.41) is 0. The molecule has 0 aliphatic carbocycles. The lowest BCUT2D eigenvalue weighted by Gasteiger charge is -2.26. The van der Waals surface area contributed by atoms with Gasteiger partial charge in [-0.1, -0.05) is 19.1 Å². The number of aromatic nitrogens is 2. The van der Waals surface area contributed by atoms with Crippen LogP contribution in [0, 0.1) is 0 Å². The third-order valence-corrected chi connectivity index (χ3v) is 3.83. The van der Waals surface area contributed by atoms with Gasteiger partial charge < -0.3 is 4.98 Å². The highest BCUT2D eigenvalue weighted by molar-refractivity contribution is 5.79. The Morgan fingerprint density at radius 2 is 2.28 bits per heavy atom. The average molecular weight is 245 g/mol. The molecule has 4 nitrogen and oxygen atoms in total. The maximum absolute atomic E-state index is 12.0. The first-order valence-corrected chi connectivity index (χ1v) is 6.65. The molecule has 4 heteroatoms. The first-order valence-electron chi connectivity index (χ1n) is 6.65. The van der Waals surface area contributed by atoms with Crippen LogP contribution in [0.2, 0.25) is 0 Å². The van der Waals surface area contributed by atoms with Crippen LogP contribution in [0.3, 0.4) is 0 Å². The molecular formula is C14H19N3O. The van der Waals surface area contributed by atoms with E-state index in [0.29, 0.717) is 6.04 Å². The minimum Gasteiger partial charge on any atom is -0.306 e. The van der Waals surface area contributed by atoms with Crippen molar-refractivity contribution in [3.8, 4) is 0 Å². The minimum absolute atomic E-state index is 0.0163. The number of nitrogens with zero attached hydrogens (tertiary/aromatic N) is 2. The SMILES string of the molecule is CCCN1Cc2cccc3[nH]c(=O)n(c23)CC1C. The number of benzene rings is 1. The van der Waals surface area contributed by atoms with Crippen molar-refractivity contribution < 1.29 is 0 Å². The quantitative estimate of drug-likeness (QED) is 0.878. The molecule has 0 bridgehead atoms. The van der Waals surface area contributed by atoms with Gasteiger partial charge in [-0.2, -0.15) is 0 Å². The lowest BCUT2D eigenvalue weighted by atomic mass is 10.1. The Balaban J connectivity index is 2.17. The van der Waals surface area contributed by atoms with Gasteiger partial charge in [-0.05, 0) is 31.5 Å². The lowest BCUT2D eigenvalue weighted by molar-refractivity contribution is 0.189. The zero-order valence-electron chi connectivity index (χ0n) is 10.9. The second-order valence-corrected chi connectivity index (χ2v) is 5.17. The molecule has 1 aliphatic heterocycles. The lowest BCUT2D eigenvalue weighted by Crippen LogP contribution is -2.36. The van der Waals surface area contributed by atoms with Crippen molar-refractivity contribution in [1.82, 2.24) is 14.5 Å². The molecule has 2 aromatic rings. The second-order valence-electron chi connectivity index (χ2n) is 5.17. The van der Waals surface area contributed by atoms with Crippen molar-refractivity contribution in [2.45, 2.75) is 39.4 Å². The Hall–Kier alpha value is -1.55. The van der Waals surface area contributed by atoms with Gasteiger partial charge in [-0.15, -0.1) is 0 Å². The normalized spacial score (nSPS) is 20.2. The van der Waals surface area contributed by atoms with Crippen LogP contribution in [0.4, 0.5) is 0 Å². The fraction of sp³-hybridized carbons (Fsp3) is 0.500. The number of para-hydroxylation sites is 1. The highest BCUT2D eigenvalue weighted by Gasteiger charge is 2.22. The van der Waals surface area contributed by atoms with Crippen LogP contribution in [0.1, 0.15) is 25.8 Å². The standard InChI is InChI=1S/C14H19N3O/c1-3-7-16-9-11-5-4-6-12-13(11)17(8-10(16)2)14(18)15-12/h4-6,10H,3,7-9H2,1-2H3,(H,15,18). The van der Waals surface area contributed by atoms with Crippen molar-refractivity contribution in [2.24, 2.45) is 0 Å². The molecule has 0 amide bonds. The minimum atomic E-state index is 0.0163. The van der Waals surface area contributed by atoms with Crippen molar-refractivity contribution in [2.75, 3.05) is 6.54 Å². The number of aromatic amines is 1. The summed E-state index contributed by atoms with van der Waals surface area (Å²) in [6.07, 6.45) is 1.14. The topological polar surface area (TPSA) is 41.0 Å². The fourth-order valence-corrected chi connectivity index (χ4v) is 2.94. The third-order valence-electron chi connectivity index (χ3n) is 3.83. The van der Waals surface area contributed by atoms with Gasteiger partial charge in [-0.25, -0.2) is 4.79 Å². The van der Waals surface area contributed by atoms with Gasteiger partial charge in [0.25, 0.3) is 0 Å². The van der Waals surface area contributed by atoms with Crippen molar-refractivity contribution in [3.63, 3.8) is 0 Å². The number of hydrogen-bond acceptors (Lipinski definition) is 2. The number of imidazole rings is 1. The van der Waals surface area contributed by atoms with Gasteiger partial charge in [0.15, 0.2) is 0 Å². The van der Waals surface area contributed by atoms with E-state index >= 15 is 0 Å². The summed E-state index contributed by atoms with van der Waals surface area (Å²) in [7, 11) is 0. The van der Waals surface area contributed by atoms with Gasteiger partial charge >= 0.3 is 5.69 Å². The van der Waals surface area contributed by atoms with E-state index < -0.39 is 0 Å². The van der Waals surface area contributed by atoms with E-state index in [4.69, 9.17) is 0 Å². The van der Waals surface area contributed by atoms with Crippen LogP contribution < -0.4 is 5.69 Å². The highest BCUT2D eigenvalue weighted by atomic mass is 16.1. The molecule has 0 saturated heterocycles. The Bertz CT molecular complexity index is 625. The van der Waals surface area contributed by atoms with Gasteiger partial charge in [0.05, 0.1) is 11.0 Å². The molecule has 1 atom stereocenters. The number of rotatable bonds is 2. The number of nitrogens with one attached hydrogen (secondary N) is 1. The summed E-state index contributed by atoms with van der Waals surface area (Å²) in [5.74, 6) is 0. The van der Waals surface area contributed by atoms with Crippen LogP contribution in [-0.4, -0.2) is 27.0 Å². The highest BCUT2D eigenvalue weighted by Crippen LogP contribution is 2.23. The monoisotopic (exact) mass is 245 g/mol. The summed E-state index contributed by atoms with van der Waals surface area (Å²) in [6, 6.07) is 6.54. The Labute approximate surface area is 106 Å². The van der Waals surface area contributed by atoms with Gasteiger partial charge in [0.2, 0.25) is 0 Å². The van der Waals surface area contributed by atoms with Crippen LogP contribution in [0.25, 0.3) is 11.0 Å². The molecule has 1 unspecified atom stereocenters. The molecule has 3 rings (SSSR count). The summed E-state index contributed by atoms with van der Waals surface area (Å²) < 4.78 is 1.89. The van der Waals surface area contributed by atoms with Crippen molar-refractivity contribution in [1.29, 1.82) is 0 Å². The molecule has 1 N–H and O–H groups in total. The maximum Gasteiger partial charge on any atom is 0.326 e. The average Bonchev–Trinajstić information content (AvgIpc) is 2.57. The van der Waals surface area contributed by atoms with E-state index in [2.05, 4.69) is 29.8 Å². The van der Waals surface area contributed by atoms with E-state index in [-0.39, 0.29) is 5.69 Å².